The molecule has 0 aliphatic heterocycles. The van der Waals surface area contributed by atoms with Gasteiger partial charge in [-0.1, -0.05) is 0 Å². The molecule has 0 radical (unpaired) electrons. The summed E-state index contributed by atoms with van der Waals surface area (Å²) < 4.78 is 4.96. The molecule has 0 aliphatic rings. The first kappa shape index (κ1) is 12.7. The number of H-pyrrole nitrogens is 1. The predicted octanol–water partition coefficient (Wildman–Crippen LogP) is -0.235. The van der Waals surface area contributed by atoms with E-state index in [1.54, 1.807) is 12.0 Å². The van der Waals surface area contributed by atoms with Gasteiger partial charge in [-0.15, -0.1) is 0 Å². The van der Waals surface area contributed by atoms with Gasteiger partial charge >= 0.3 is 0 Å². The molecule has 0 aliphatic carbocycles. The number of amides is 1. The van der Waals surface area contributed by atoms with Crippen molar-refractivity contribution in [3.05, 3.63) is 17.5 Å². The molecule has 0 fully saturated rings. The molecular formula is C10H18N4O2. The summed E-state index contributed by atoms with van der Waals surface area (Å²) in [6.07, 6.45) is 1.54. The maximum absolute atomic E-state index is 12.1. The summed E-state index contributed by atoms with van der Waals surface area (Å²) in [6, 6.07) is 0. The highest BCUT2D eigenvalue weighted by Gasteiger charge is 2.17. The maximum atomic E-state index is 12.1. The van der Waals surface area contributed by atoms with Gasteiger partial charge in [0.2, 0.25) is 0 Å². The van der Waals surface area contributed by atoms with Crippen molar-refractivity contribution in [3.8, 4) is 0 Å². The van der Waals surface area contributed by atoms with Crippen molar-refractivity contribution in [1.82, 2.24) is 15.1 Å². The van der Waals surface area contributed by atoms with E-state index in [1.807, 2.05) is 6.92 Å². The highest BCUT2D eigenvalue weighted by Crippen LogP contribution is 2.07. The number of carbonyl (C=O) groups is 1. The van der Waals surface area contributed by atoms with E-state index in [1.165, 1.54) is 6.20 Å². The van der Waals surface area contributed by atoms with Crippen LogP contribution in [0.4, 0.5) is 0 Å². The molecule has 3 N–H and O–H groups in total. The average Bonchev–Trinajstić information content (AvgIpc) is 2.69. The Morgan fingerprint density at radius 1 is 1.62 bits per heavy atom. The average molecular weight is 226 g/mol. The summed E-state index contributed by atoms with van der Waals surface area (Å²) in [6.45, 7) is 3.82. The molecule has 1 aromatic rings. The van der Waals surface area contributed by atoms with Crippen LogP contribution in [0.3, 0.4) is 0 Å². The molecule has 0 aromatic carbocycles. The third kappa shape index (κ3) is 3.04. The minimum Gasteiger partial charge on any atom is -0.383 e. The summed E-state index contributed by atoms with van der Waals surface area (Å²) >= 11 is 0. The maximum Gasteiger partial charge on any atom is 0.257 e. The Balaban J connectivity index is 2.70. The molecular weight excluding hydrogens is 208 g/mol. The Morgan fingerprint density at radius 2 is 2.38 bits per heavy atom. The fraction of sp³-hybridized carbons (Fsp3) is 0.600. The zero-order chi connectivity index (χ0) is 12.0. The molecule has 0 spiro atoms. The van der Waals surface area contributed by atoms with E-state index in [4.69, 9.17) is 10.5 Å². The van der Waals surface area contributed by atoms with E-state index in [-0.39, 0.29) is 5.91 Å². The quantitative estimate of drug-likeness (QED) is 0.701. The normalized spacial score (nSPS) is 10.4. The van der Waals surface area contributed by atoms with Crippen molar-refractivity contribution in [3.63, 3.8) is 0 Å². The number of aryl methyl sites for hydroxylation is 1. The standard InChI is InChI=1S/C10H18N4O2/c1-8-9(7-12-13-8)10(15)14(4-3-11)5-6-16-2/h7H,3-6,11H2,1-2H3,(H,12,13). The first-order valence-corrected chi connectivity index (χ1v) is 5.19. The predicted molar refractivity (Wildman–Crippen MR) is 60.2 cm³/mol. The Kier molecular flexibility index (Phi) is 4.94. The number of aromatic nitrogens is 2. The summed E-state index contributed by atoms with van der Waals surface area (Å²) in [5.41, 5.74) is 6.83. The van der Waals surface area contributed by atoms with Crippen molar-refractivity contribution in [2.75, 3.05) is 33.4 Å². The van der Waals surface area contributed by atoms with E-state index < -0.39 is 0 Å². The summed E-state index contributed by atoms with van der Waals surface area (Å²) in [5, 5.41) is 6.57. The molecule has 1 rings (SSSR count). The molecule has 0 saturated heterocycles. The van der Waals surface area contributed by atoms with Crippen molar-refractivity contribution in [1.29, 1.82) is 0 Å². The number of methoxy groups -OCH3 is 1. The lowest BCUT2D eigenvalue weighted by Gasteiger charge is -2.21. The van der Waals surface area contributed by atoms with Crippen LogP contribution in [0.2, 0.25) is 0 Å². The zero-order valence-electron chi connectivity index (χ0n) is 9.69. The van der Waals surface area contributed by atoms with Gasteiger partial charge in [0.25, 0.3) is 5.91 Å². The van der Waals surface area contributed by atoms with Gasteiger partial charge in [-0.3, -0.25) is 9.89 Å². The van der Waals surface area contributed by atoms with Gasteiger partial charge in [-0.25, -0.2) is 0 Å². The monoisotopic (exact) mass is 226 g/mol. The van der Waals surface area contributed by atoms with Gasteiger partial charge in [-0.2, -0.15) is 5.10 Å². The van der Waals surface area contributed by atoms with Crippen LogP contribution in [0.25, 0.3) is 0 Å². The molecule has 1 heterocycles. The minimum absolute atomic E-state index is 0.0613. The third-order valence-corrected chi connectivity index (χ3v) is 2.31. The topological polar surface area (TPSA) is 84.2 Å². The number of rotatable bonds is 6. The molecule has 0 unspecified atom stereocenters. The molecule has 0 atom stereocenters. The van der Waals surface area contributed by atoms with Crippen molar-refractivity contribution in [2.45, 2.75) is 6.92 Å². The van der Waals surface area contributed by atoms with Gasteiger partial charge in [0.1, 0.15) is 0 Å². The van der Waals surface area contributed by atoms with E-state index in [0.717, 1.165) is 5.69 Å². The smallest absolute Gasteiger partial charge is 0.257 e. The van der Waals surface area contributed by atoms with Gasteiger partial charge in [0.05, 0.1) is 18.4 Å². The van der Waals surface area contributed by atoms with E-state index in [9.17, 15) is 4.79 Å². The zero-order valence-corrected chi connectivity index (χ0v) is 9.69. The number of nitrogens with one attached hydrogen (secondary N) is 1. The van der Waals surface area contributed by atoms with Crippen LogP contribution < -0.4 is 5.73 Å². The van der Waals surface area contributed by atoms with Crippen LogP contribution in [0.15, 0.2) is 6.20 Å². The largest absolute Gasteiger partial charge is 0.383 e. The van der Waals surface area contributed by atoms with Crippen LogP contribution in [-0.2, 0) is 4.74 Å². The Hall–Kier alpha value is -1.40. The van der Waals surface area contributed by atoms with Crippen LogP contribution >= 0.6 is 0 Å². The molecule has 90 valence electrons. The highest BCUT2D eigenvalue weighted by molar-refractivity contribution is 5.95. The van der Waals surface area contributed by atoms with E-state index >= 15 is 0 Å². The number of hydrogen-bond acceptors (Lipinski definition) is 4. The molecule has 0 bridgehead atoms. The number of aromatic amines is 1. The Bertz CT molecular complexity index is 337. The van der Waals surface area contributed by atoms with E-state index in [0.29, 0.717) is 31.8 Å². The van der Waals surface area contributed by atoms with E-state index in [2.05, 4.69) is 10.2 Å². The Labute approximate surface area is 94.8 Å². The molecule has 6 heteroatoms. The first-order chi connectivity index (χ1) is 7.70. The molecule has 6 nitrogen and oxygen atoms in total. The van der Waals surface area contributed by atoms with Gasteiger partial charge < -0.3 is 15.4 Å². The number of ether oxygens (including phenoxy) is 1. The minimum atomic E-state index is -0.0613. The SMILES string of the molecule is COCCN(CCN)C(=O)c1cn[nH]c1C. The number of hydrogen-bond donors (Lipinski definition) is 2. The molecule has 1 amide bonds. The van der Waals surface area contributed by atoms with Crippen molar-refractivity contribution < 1.29 is 9.53 Å². The van der Waals surface area contributed by atoms with Gasteiger partial charge in [0.15, 0.2) is 0 Å². The number of nitrogens with two attached hydrogens (primary N) is 1. The van der Waals surface area contributed by atoms with Gasteiger partial charge in [0, 0.05) is 32.4 Å². The Morgan fingerprint density at radius 3 is 2.88 bits per heavy atom. The second-order valence-electron chi connectivity index (χ2n) is 3.48. The van der Waals surface area contributed by atoms with Crippen LogP contribution in [-0.4, -0.2) is 54.4 Å². The molecule has 0 saturated carbocycles. The van der Waals surface area contributed by atoms with Crippen LogP contribution in [0.5, 0.6) is 0 Å². The third-order valence-electron chi connectivity index (χ3n) is 2.31. The fourth-order valence-corrected chi connectivity index (χ4v) is 1.41. The number of carbonyl (C=O) groups excluding carboxylic acids is 1. The summed E-state index contributed by atoms with van der Waals surface area (Å²) in [5.74, 6) is -0.0613. The van der Waals surface area contributed by atoms with Gasteiger partial charge in [-0.05, 0) is 6.92 Å². The summed E-state index contributed by atoms with van der Waals surface area (Å²) in [7, 11) is 1.61. The lowest BCUT2D eigenvalue weighted by Crippen LogP contribution is -2.37. The molecule has 16 heavy (non-hydrogen) atoms. The van der Waals surface area contributed by atoms with Crippen molar-refractivity contribution >= 4 is 5.91 Å². The second kappa shape index (κ2) is 6.24. The van der Waals surface area contributed by atoms with Crippen molar-refractivity contribution in [2.24, 2.45) is 5.73 Å². The lowest BCUT2D eigenvalue weighted by molar-refractivity contribution is 0.0701. The molecule has 1 aromatic heterocycles. The van der Waals surface area contributed by atoms with Crippen LogP contribution in [0, 0.1) is 6.92 Å². The summed E-state index contributed by atoms with van der Waals surface area (Å²) in [4.78, 5) is 13.7. The first-order valence-electron chi connectivity index (χ1n) is 5.19. The lowest BCUT2D eigenvalue weighted by atomic mass is 10.2. The number of nitrogens with zero attached hydrogens (tertiary/aromatic N) is 2. The second-order valence-corrected chi connectivity index (χ2v) is 3.48. The van der Waals surface area contributed by atoms with Crippen LogP contribution in [0.1, 0.15) is 16.1 Å². The fourth-order valence-electron chi connectivity index (χ4n) is 1.41. The highest BCUT2D eigenvalue weighted by atomic mass is 16.5.